The predicted molar refractivity (Wildman–Crippen MR) is 123 cm³/mol. The number of aromatic nitrogens is 2. The van der Waals surface area contributed by atoms with E-state index in [1.165, 1.54) is 24.2 Å². The van der Waals surface area contributed by atoms with Crippen LogP contribution in [-0.4, -0.2) is 41.5 Å². The molecular weight excluding hydrogens is 418 g/mol. The topological polar surface area (TPSA) is 88.8 Å². The van der Waals surface area contributed by atoms with E-state index < -0.39 is 11.9 Å². The van der Waals surface area contributed by atoms with Crippen LogP contribution in [0.2, 0.25) is 0 Å². The van der Waals surface area contributed by atoms with Crippen molar-refractivity contribution in [2.24, 2.45) is 5.92 Å². The Morgan fingerprint density at radius 2 is 2.00 bits per heavy atom. The number of benzene rings is 1. The molecule has 1 atom stereocenters. The number of aryl methyl sites for hydroxylation is 1. The molecule has 3 fully saturated rings. The third kappa shape index (κ3) is 3.71. The molecule has 3 saturated carbocycles. The first-order valence-electron chi connectivity index (χ1n) is 11.5. The summed E-state index contributed by atoms with van der Waals surface area (Å²) in [5.41, 5.74) is 3.03. The fourth-order valence-corrected chi connectivity index (χ4v) is 5.58. The van der Waals surface area contributed by atoms with Crippen LogP contribution in [0.15, 0.2) is 24.4 Å². The minimum atomic E-state index is -0.886. The number of fused-ring (bicyclic) bond motifs is 4. The van der Waals surface area contributed by atoms with Gasteiger partial charge in [0.05, 0.1) is 18.0 Å². The molecular formula is C25H27N5O3. The maximum atomic E-state index is 13.1. The molecule has 4 aliphatic rings. The monoisotopic (exact) mass is 445 g/mol. The van der Waals surface area contributed by atoms with Crippen molar-refractivity contribution in [3.8, 4) is 5.75 Å². The molecule has 0 saturated heterocycles. The summed E-state index contributed by atoms with van der Waals surface area (Å²) < 4.78 is 5.80. The normalized spacial score (nSPS) is 26.1. The van der Waals surface area contributed by atoms with Crippen molar-refractivity contribution in [1.82, 2.24) is 15.3 Å². The number of likely N-dealkylation sites (N-methyl/N-ethyl adjacent to an activating group) is 1. The maximum Gasteiger partial charge on any atom is 0.289 e. The van der Waals surface area contributed by atoms with Gasteiger partial charge in [-0.25, -0.2) is 14.8 Å². The van der Waals surface area contributed by atoms with Gasteiger partial charge in [0.2, 0.25) is 5.82 Å². The Kier molecular flexibility index (Phi) is 5.28. The summed E-state index contributed by atoms with van der Waals surface area (Å²) in [4.78, 5) is 40.0. The first-order chi connectivity index (χ1) is 15.9. The minimum absolute atomic E-state index is 0.0343. The van der Waals surface area contributed by atoms with Gasteiger partial charge in [-0.2, -0.15) is 0 Å². The number of hydrogen-bond acceptors (Lipinski definition) is 5. The van der Waals surface area contributed by atoms with E-state index in [0.717, 1.165) is 36.4 Å². The maximum absolute atomic E-state index is 13.1. The molecule has 1 aromatic heterocycles. The highest BCUT2D eigenvalue weighted by Crippen LogP contribution is 2.51. The summed E-state index contributed by atoms with van der Waals surface area (Å²) in [6, 6.07) is 4.03. The lowest BCUT2D eigenvalue weighted by Crippen LogP contribution is -2.49. The molecule has 6 rings (SSSR count). The third-order valence-electron chi connectivity index (χ3n) is 7.54. The number of ether oxygens (including phenoxy) is 1. The zero-order valence-electron chi connectivity index (χ0n) is 18.9. The van der Waals surface area contributed by atoms with Crippen molar-refractivity contribution in [3.05, 3.63) is 52.9 Å². The molecule has 2 amide bonds. The minimum Gasteiger partial charge on any atom is -0.490 e. The van der Waals surface area contributed by atoms with Gasteiger partial charge in [-0.15, -0.1) is 0 Å². The first-order valence-corrected chi connectivity index (χ1v) is 11.5. The highest BCUT2D eigenvalue weighted by Gasteiger charge is 2.43. The van der Waals surface area contributed by atoms with Crippen molar-refractivity contribution >= 4 is 23.2 Å². The largest absolute Gasteiger partial charge is 0.490 e. The molecule has 0 unspecified atom stereocenters. The van der Waals surface area contributed by atoms with E-state index in [0.29, 0.717) is 17.1 Å². The number of nitrogens with one attached hydrogen (secondary N) is 1. The van der Waals surface area contributed by atoms with Crippen molar-refractivity contribution in [3.63, 3.8) is 0 Å². The number of nitrogens with zero attached hydrogens (tertiary/aromatic N) is 4. The predicted octanol–water partition coefficient (Wildman–Crippen LogP) is 3.71. The van der Waals surface area contributed by atoms with Crippen LogP contribution in [0.5, 0.6) is 5.75 Å². The summed E-state index contributed by atoms with van der Waals surface area (Å²) in [5, 5.41) is 2.77. The molecule has 8 heteroatoms. The van der Waals surface area contributed by atoms with Gasteiger partial charge < -0.3 is 15.0 Å². The lowest BCUT2D eigenvalue weighted by molar-refractivity contribution is -0.120. The summed E-state index contributed by atoms with van der Waals surface area (Å²) in [6.45, 7) is 9.17. The fourth-order valence-electron chi connectivity index (χ4n) is 5.58. The molecule has 170 valence electrons. The van der Waals surface area contributed by atoms with E-state index in [1.807, 2.05) is 6.92 Å². The van der Waals surface area contributed by atoms with Crippen LogP contribution in [0.1, 0.15) is 60.4 Å². The van der Waals surface area contributed by atoms with Crippen molar-refractivity contribution in [2.75, 3.05) is 18.6 Å². The summed E-state index contributed by atoms with van der Waals surface area (Å²) >= 11 is 0. The first kappa shape index (κ1) is 21.4. The molecule has 8 nitrogen and oxygen atoms in total. The highest BCUT2D eigenvalue weighted by molar-refractivity contribution is 6.02. The third-order valence-corrected chi connectivity index (χ3v) is 7.54. The Labute approximate surface area is 193 Å². The van der Waals surface area contributed by atoms with Gasteiger partial charge in [-0.3, -0.25) is 9.59 Å². The Bertz CT molecular complexity index is 1150. The quantitative estimate of drug-likeness (QED) is 0.728. The van der Waals surface area contributed by atoms with E-state index in [1.54, 1.807) is 31.4 Å². The van der Waals surface area contributed by atoms with E-state index in [-0.39, 0.29) is 23.8 Å². The Balaban J connectivity index is 1.37. The zero-order valence-corrected chi connectivity index (χ0v) is 18.9. The van der Waals surface area contributed by atoms with Gasteiger partial charge in [0.15, 0.2) is 5.69 Å². The Morgan fingerprint density at radius 3 is 2.70 bits per heavy atom. The molecule has 0 spiro atoms. The average molecular weight is 446 g/mol. The van der Waals surface area contributed by atoms with Gasteiger partial charge in [0, 0.05) is 18.7 Å². The number of carbonyl (C=O) groups is 2. The molecule has 33 heavy (non-hydrogen) atoms. The lowest BCUT2D eigenvalue weighted by atomic mass is 9.59. The molecule has 1 aromatic carbocycles. The smallest absolute Gasteiger partial charge is 0.289 e. The molecule has 1 aliphatic heterocycles. The van der Waals surface area contributed by atoms with Gasteiger partial charge in [-0.05, 0) is 69.1 Å². The van der Waals surface area contributed by atoms with Crippen LogP contribution in [0.4, 0.5) is 11.4 Å². The van der Waals surface area contributed by atoms with Crippen LogP contribution < -0.4 is 15.0 Å². The van der Waals surface area contributed by atoms with Gasteiger partial charge >= 0.3 is 0 Å². The van der Waals surface area contributed by atoms with Crippen LogP contribution >= 0.6 is 0 Å². The molecule has 1 N–H and O–H groups in total. The second kappa shape index (κ2) is 8.14. The Morgan fingerprint density at radius 1 is 1.27 bits per heavy atom. The number of amides is 2. The lowest BCUT2D eigenvalue weighted by Gasteiger charge is -2.46. The van der Waals surface area contributed by atoms with Crippen molar-refractivity contribution in [1.29, 1.82) is 0 Å². The standard InChI is InChI=1S/C25H27N5O3/c1-15-13-27-22(29-21(15)25-9-6-16(7-10-25)8-11-25)23(31)28-18-14-33-20-12-17(26-2)4-5-19(20)30(3)24(18)32/h4-5,12-13,16,18H,6-11,14H2,1,3H3,(H,28,31)/t16?,18-,25?/m0/s1. The highest BCUT2D eigenvalue weighted by atomic mass is 16.5. The van der Waals surface area contributed by atoms with E-state index >= 15 is 0 Å². The number of rotatable bonds is 3. The van der Waals surface area contributed by atoms with Gasteiger partial charge in [0.1, 0.15) is 18.4 Å². The van der Waals surface area contributed by atoms with Crippen LogP contribution in [0.3, 0.4) is 0 Å². The van der Waals surface area contributed by atoms with E-state index in [9.17, 15) is 9.59 Å². The average Bonchev–Trinajstić information content (AvgIpc) is 2.97. The molecule has 2 aromatic rings. The summed E-state index contributed by atoms with van der Waals surface area (Å²) in [7, 11) is 1.63. The van der Waals surface area contributed by atoms with Gasteiger partial charge in [-0.1, -0.05) is 6.07 Å². The van der Waals surface area contributed by atoms with E-state index in [4.69, 9.17) is 16.3 Å². The summed E-state index contributed by atoms with van der Waals surface area (Å²) in [5.74, 6) is 0.585. The second-order valence-electron chi connectivity index (χ2n) is 9.49. The molecule has 2 bridgehead atoms. The molecule has 0 radical (unpaired) electrons. The molecule has 2 heterocycles. The van der Waals surface area contributed by atoms with Crippen molar-refractivity contribution in [2.45, 2.75) is 56.9 Å². The fraction of sp³-hybridized carbons (Fsp3) is 0.480. The van der Waals surface area contributed by atoms with Crippen LogP contribution in [0.25, 0.3) is 4.85 Å². The second-order valence-corrected chi connectivity index (χ2v) is 9.49. The molecule has 3 aliphatic carbocycles. The number of anilines is 1. The van der Waals surface area contributed by atoms with Crippen LogP contribution in [0, 0.1) is 19.4 Å². The van der Waals surface area contributed by atoms with E-state index in [2.05, 4.69) is 15.1 Å². The zero-order chi connectivity index (χ0) is 23.2. The SMILES string of the molecule is [C-]#[N+]c1ccc2c(c1)OC[C@H](NC(=O)c1ncc(C)c(C34CCC(CC3)CC4)n1)C(=O)N2C. The van der Waals surface area contributed by atoms with Crippen LogP contribution in [-0.2, 0) is 10.2 Å². The Hall–Kier alpha value is -3.47. The van der Waals surface area contributed by atoms with Crippen molar-refractivity contribution < 1.29 is 14.3 Å². The number of carbonyl (C=O) groups excluding carboxylic acids is 2. The number of hydrogen-bond donors (Lipinski definition) is 1. The summed E-state index contributed by atoms with van der Waals surface area (Å²) in [6.07, 6.45) is 8.73. The van der Waals surface area contributed by atoms with Gasteiger partial charge in [0.25, 0.3) is 11.8 Å².